The minimum absolute atomic E-state index is 0.0410. The summed E-state index contributed by atoms with van der Waals surface area (Å²) in [4.78, 5) is 0. The number of phenolic OH excluding ortho intramolecular Hbond substituents is 1. The quantitative estimate of drug-likeness (QED) is 0.607. The molecule has 0 saturated heterocycles. The van der Waals surface area contributed by atoms with Crippen molar-refractivity contribution >= 4 is 17.3 Å². The van der Waals surface area contributed by atoms with Crippen molar-refractivity contribution in [2.24, 2.45) is 0 Å². The van der Waals surface area contributed by atoms with Crippen LogP contribution in [0.1, 0.15) is 29.7 Å². The van der Waals surface area contributed by atoms with Crippen molar-refractivity contribution in [2.75, 3.05) is 5.32 Å². The van der Waals surface area contributed by atoms with Crippen molar-refractivity contribution in [2.45, 2.75) is 18.6 Å². The van der Waals surface area contributed by atoms with E-state index < -0.39 is 5.66 Å². The van der Waals surface area contributed by atoms with Crippen LogP contribution in [0.4, 0.5) is 5.69 Å². The predicted octanol–water partition coefficient (Wildman–Crippen LogP) is 5.02. The summed E-state index contributed by atoms with van der Waals surface area (Å²) < 4.78 is 0. The Morgan fingerprint density at radius 1 is 0.960 bits per heavy atom. The van der Waals surface area contributed by atoms with Gasteiger partial charge in [0, 0.05) is 16.3 Å². The number of aromatic hydroxyl groups is 1. The molecule has 0 radical (unpaired) electrons. The van der Waals surface area contributed by atoms with Crippen LogP contribution in [-0.2, 0) is 5.66 Å². The molecule has 3 aromatic rings. The molecule has 0 aliphatic carbocycles. The average molecular weight is 351 g/mol. The maximum absolute atomic E-state index is 10.4. The maximum Gasteiger partial charge on any atom is 0.122 e. The molecule has 0 bridgehead atoms. The number of fused-ring (bicyclic) bond motifs is 1. The fourth-order valence-electron chi connectivity index (χ4n) is 3.51. The molecule has 1 aliphatic rings. The Bertz CT molecular complexity index is 913. The topological polar surface area (TPSA) is 44.3 Å². The SMILES string of the molecule is C[C@@]1(c2ccccc2O)Nc2ccc(Cl)cc2[C@@H](c2ccccc2)N1. The molecule has 0 amide bonds. The predicted molar refractivity (Wildman–Crippen MR) is 102 cm³/mol. The monoisotopic (exact) mass is 350 g/mol. The van der Waals surface area contributed by atoms with Crippen LogP contribution in [0.25, 0.3) is 0 Å². The molecule has 3 N–H and O–H groups in total. The van der Waals surface area contributed by atoms with Crippen molar-refractivity contribution in [3.05, 3.63) is 94.5 Å². The van der Waals surface area contributed by atoms with E-state index >= 15 is 0 Å². The Labute approximate surface area is 152 Å². The highest BCUT2D eigenvalue weighted by Crippen LogP contribution is 2.42. The molecular formula is C21H19ClN2O. The zero-order valence-electron chi connectivity index (χ0n) is 13.8. The van der Waals surface area contributed by atoms with Crippen LogP contribution < -0.4 is 10.6 Å². The van der Waals surface area contributed by atoms with E-state index in [-0.39, 0.29) is 11.8 Å². The summed E-state index contributed by atoms with van der Waals surface area (Å²) in [6, 6.07) is 23.5. The molecule has 0 spiro atoms. The van der Waals surface area contributed by atoms with Gasteiger partial charge in [0.2, 0.25) is 0 Å². The van der Waals surface area contributed by atoms with E-state index in [2.05, 4.69) is 22.8 Å². The van der Waals surface area contributed by atoms with Crippen LogP contribution in [0, 0.1) is 0 Å². The van der Waals surface area contributed by atoms with Crippen LogP contribution in [0.3, 0.4) is 0 Å². The van der Waals surface area contributed by atoms with Crippen molar-refractivity contribution in [3.63, 3.8) is 0 Å². The fraction of sp³-hybridized carbons (Fsp3) is 0.143. The summed E-state index contributed by atoms with van der Waals surface area (Å²) in [6.45, 7) is 2.04. The molecule has 1 aliphatic heterocycles. The second-order valence-electron chi connectivity index (χ2n) is 6.49. The third-order valence-corrected chi connectivity index (χ3v) is 4.95. The van der Waals surface area contributed by atoms with Gasteiger partial charge in [-0.1, -0.05) is 60.1 Å². The van der Waals surface area contributed by atoms with Gasteiger partial charge >= 0.3 is 0 Å². The normalized spacial score (nSPS) is 22.1. The average Bonchev–Trinajstić information content (AvgIpc) is 2.62. The van der Waals surface area contributed by atoms with Gasteiger partial charge in [0.05, 0.1) is 6.04 Å². The Morgan fingerprint density at radius 2 is 1.68 bits per heavy atom. The van der Waals surface area contributed by atoms with Crippen LogP contribution >= 0.6 is 11.6 Å². The lowest BCUT2D eigenvalue weighted by Gasteiger charge is -2.43. The van der Waals surface area contributed by atoms with Crippen molar-refractivity contribution < 1.29 is 5.11 Å². The highest BCUT2D eigenvalue weighted by atomic mass is 35.5. The van der Waals surface area contributed by atoms with Gasteiger partial charge in [-0.15, -0.1) is 0 Å². The Kier molecular flexibility index (Phi) is 3.91. The highest BCUT2D eigenvalue weighted by Gasteiger charge is 2.37. The van der Waals surface area contributed by atoms with E-state index in [1.54, 1.807) is 6.07 Å². The lowest BCUT2D eigenvalue weighted by Crippen LogP contribution is -2.51. The number of halogens is 1. The Morgan fingerprint density at radius 3 is 2.44 bits per heavy atom. The Balaban J connectivity index is 1.87. The lowest BCUT2D eigenvalue weighted by atomic mass is 9.88. The van der Waals surface area contributed by atoms with Crippen molar-refractivity contribution in [3.8, 4) is 5.75 Å². The number of benzene rings is 3. The zero-order chi connectivity index (χ0) is 17.4. The van der Waals surface area contributed by atoms with Gasteiger partial charge < -0.3 is 10.4 Å². The lowest BCUT2D eigenvalue weighted by molar-refractivity contribution is 0.349. The van der Waals surface area contributed by atoms with Crippen LogP contribution in [0.15, 0.2) is 72.8 Å². The second-order valence-corrected chi connectivity index (χ2v) is 6.92. The molecule has 0 aromatic heterocycles. The third kappa shape index (κ3) is 2.86. The molecular weight excluding hydrogens is 332 g/mol. The summed E-state index contributed by atoms with van der Waals surface area (Å²) in [5.41, 5.74) is 3.42. The minimum Gasteiger partial charge on any atom is -0.508 e. The molecule has 4 heteroatoms. The van der Waals surface area contributed by atoms with Gasteiger partial charge in [-0.05, 0) is 42.3 Å². The van der Waals surface area contributed by atoms with Gasteiger partial charge in [-0.2, -0.15) is 0 Å². The maximum atomic E-state index is 10.4. The molecule has 3 aromatic carbocycles. The zero-order valence-corrected chi connectivity index (χ0v) is 14.6. The number of hydrogen-bond acceptors (Lipinski definition) is 3. The molecule has 1 heterocycles. The summed E-state index contributed by atoms with van der Waals surface area (Å²) in [7, 11) is 0. The smallest absolute Gasteiger partial charge is 0.122 e. The molecule has 25 heavy (non-hydrogen) atoms. The van der Waals surface area contributed by atoms with Crippen LogP contribution in [0.2, 0.25) is 5.02 Å². The number of rotatable bonds is 2. The largest absolute Gasteiger partial charge is 0.508 e. The Hall–Kier alpha value is -2.49. The minimum atomic E-state index is -0.618. The highest BCUT2D eigenvalue weighted by molar-refractivity contribution is 6.30. The first-order valence-electron chi connectivity index (χ1n) is 8.25. The standard InChI is InChI=1S/C21H19ClN2O/c1-21(17-9-5-6-10-19(17)25)23-18-12-11-15(22)13-16(18)20(24-21)14-7-3-2-4-8-14/h2-13,20,23-25H,1H3/t20-,21-/m1/s1. The molecule has 0 fully saturated rings. The van der Waals surface area contributed by atoms with Crippen molar-refractivity contribution in [1.29, 1.82) is 0 Å². The first kappa shape index (κ1) is 16.0. The molecule has 0 saturated carbocycles. The van der Waals surface area contributed by atoms with Gasteiger partial charge in [0.1, 0.15) is 11.4 Å². The summed E-state index contributed by atoms with van der Waals surface area (Å²) in [5.74, 6) is 0.259. The number of phenols is 1. The van der Waals surface area contributed by atoms with Gasteiger partial charge in [0.25, 0.3) is 0 Å². The first-order chi connectivity index (χ1) is 12.1. The number of hydrogen-bond donors (Lipinski definition) is 3. The molecule has 4 rings (SSSR count). The van der Waals surface area contributed by atoms with Gasteiger partial charge in [-0.3, -0.25) is 5.32 Å². The van der Waals surface area contributed by atoms with E-state index in [4.69, 9.17) is 11.6 Å². The van der Waals surface area contributed by atoms with E-state index in [0.717, 1.165) is 22.4 Å². The van der Waals surface area contributed by atoms with E-state index in [1.165, 1.54) is 0 Å². The number of nitrogens with one attached hydrogen (secondary N) is 2. The number of para-hydroxylation sites is 1. The molecule has 0 unspecified atom stereocenters. The third-order valence-electron chi connectivity index (χ3n) is 4.72. The molecule has 126 valence electrons. The summed E-state index contributed by atoms with van der Waals surface area (Å²) in [6.07, 6.45) is 0. The van der Waals surface area contributed by atoms with Gasteiger partial charge in [0.15, 0.2) is 0 Å². The van der Waals surface area contributed by atoms with Crippen molar-refractivity contribution in [1.82, 2.24) is 5.32 Å². The second kappa shape index (κ2) is 6.10. The van der Waals surface area contributed by atoms with E-state index in [9.17, 15) is 5.11 Å². The molecule has 2 atom stereocenters. The van der Waals surface area contributed by atoms with E-state index in [1.807, 2.05) is 61.5 Å². The molecule has 3 nitrogen and oxygen atoms in total. The van der Waals surface area contributed by atoms with E-state index in [0.29, 0.717) is 5.02 Å². The van der Waals surface area contributed by atoms with Gasteiger partial charge in [-0.25, -0.2) is 0 Å². The number of anilines is 1. The fourth-order valence-corrected chi connectivity index (χ4v) is 3.69. The van der Waals surface area contributed by atoms with Crippen LogP contribution in [-0.4, -0.2) is 5.11 Å². The summed E-state index contributed by atoms with van der Waals surface area (Å²) >= 11 is 6.25. The first-order valence-corrected chi connectivity index (χ1v) is 8.63. The van der Waals surface area contributed by atoms with Crippen LogP contribution in [0.5, 0.6) is 5.75 Å². The summed E-state index contributed by atoms with van der Waals surface area (Å²) in [5, 5.41) is 18.3.